The second kappa shape index (κ2) is 5.53. The summed E-state index contributed by atoms with van der Waals surface area (Å²) in [6, 6.07) is 0. The average Bonchev–Trinajstić information content (AvgIpc) is 2.57. The summed E-state index contributed by atoms with van der Waals surface area (Å²) in [6.45, 7) is 5.97. The van der Waals surface area contributed by atoms with Crippen LogP contribution in [0.4, 0.5) is 0 Å². The maximum atomic E-state index is 11.4. The highest BCUT2D eigenvalue weighted by atomic mass is 16.5. The molecule has 0 atom stereocenters. The van der Waals surface area contributed by atoms with Crippen molar-refractivity contribution >= 4 is 5.97 Å². The smallest absolute Gasteiger partial charge is 0.376 e. The van der Waals surface area contributed by atoms with Crippen molar-refractivity contribution in [1.29, 1.82) is 0 Å². The Balaban J connectivity index is 2.72. The number of aryl methyl sites for hydroxylation is 2. The van der Waals surface area contributed by atoms with Gasteiger partial charge in [0.1, 0.15) is 0 Å². The molecule has 0 N–H and O–H groups in total. The van der Waals surface area contributed by atoms with Crippen LogP contribution in [-0.2, 0) is 11.2 Å². The van der Waals surface area contributed by atoms with E-state index in [9.17, 15) is 4.79 Å². The van der Waals surface area contributed by atoms with Crippen molar-refractivity contribution < 1.29 is 13.9 Å². The molecule has 84 valence electrons. The molecule has 4 nitrogen and oxygen atoms in total. The first-order valence-corrected chi connectivity index (χ1v) is 5.32. The number of carbonyl (C=O) groups is 1. The monoisotopic (exact) mass is 211 g/mol. The van der Waals surface area contributed by atoms with Crippen molar-refractivity contribution in [2.45, 2.75) is 40.0 Å². The molecule has 0 aliphatic rings. The molecule has 1 heterocycles. The Morgan fingerprint density at radius 1 is 1.47 bits per heavy atom. The van der Waals surface area contributed by atoms with Crippen molar-refractivity contribution in [3.8, 4) is 0 Å². The fourth-order valence-corrected chi connectivity index (χ4v) is 1.27. The first-order valence-electron chi connectivity index (χ1n) is 5.32. The van der Waals surface area contributed by atoms with Crippen LogP contribution >= 0.6 is 0 Å². The lowest BCUT2D eigenvalue weighted by atomic mass is 10.2. The number of hydrogen-bond acceptors (Lipinski definition) is 4. The van der Waals surface area contributed by atoms with Gasteiger partial charge in [-0.2, -0.15) is 0 Å². The SMILES string of the molecule is CCCCc1nc(C)c(C(=O)OCC)o1. The zero-order valence-corrected chi connectivity index (χ0v) is 9.50. The van der Waals surface area contributed by atoms with E-state index >= 15 is 0 Å². The lowest BCUT2D eigenvalue weighted by Crippen LogP contribution is -2.04. The van der Waals surface area contributed by atoms with Gasteiger partial charge in [-0.3, -0.25) is 0 Å². The van der Waals surface area contributed by atoms with Crippen LogP contribution in [0.3, 0.4) is 0 Å². The van der Waals surface area contributed by atoms with Crippen LogP contribution in [0, 0.1) is 6.92 Å². The number of hydrogen-bond donors (Lipinski definition) is 0. The molecular weight excluding hydrogens is 194 g/mol. The molecule has 1 rings (SSSR count). The summed E-state index contributed by atoms with van der Waals surface area (Å²) in [5, 5.41) is 0. The Hall–Kier alpha value is -1.32. The van der Waals surface area contributed by atoms with E-state index in [1.807, 2.05) is 0 Å². The second-order valence-corrected chi connectivity index (χ2v) is 3.35. The van der Waals surface area contributed by atoms with Crippen LogP contribution < -0.4 is 0 Å². The third-order valence-electron chi connectivity index (χ3n) is 2.05. The molecule has 0 amide bonds. The molecule has 0 aromatic carbocycles. The third-order valence-corrected chi connectivity index (χ3v) is 2.05. The molecule has 0 aliphatic heterocycles. The fraction of sp³-hybridized carbons (Fsp3) is 0.636. The topological polar surface area (TPSA) is 52.3 Å². The molecule has 4 heteroatoms. The zero-order valence-electron chi connectivity index (χ0n) is 9.50. The van der Waals surface area contributed by atoms with E-state index in [4.69, 9.17) is 9.15 Å². The molecular formula is C11H17NO3. The predicted molar refractivity (Wildman–Crippen MR) is 55.8 cm³/mol. The van der Waals surface area contributed by atoms with Crippen molar-refractivity contribution in [3.05, 3.63) is 17.3 Å². The van der Waals surface area contributed by atoms with Crippen LogP contribution in [0.25, 0.3) is 0 Å². The van der Waals surface area contributed by atoms with Crippen molar-refractivity contribution in [2.24, 2.45) is 0 Å². The van der Waals surface area contributed by atoms with Crippen molar-refractivity contribution in [1.82, 2.24) is 4.98 Å². The van der Waals surface area contributed by atoms with E-state index in [2.05, 4.69) is 11.9 Å². The number of nitrogens with zero attached hydrogens (tertiary/aromatic N) is 1. The van der Waals surface area contributed by atoms with Gasteiger partial charge in [0.25, 0.3) is 0 Å². The lowest BCUT2D eigenvalue weighted by molar-refractivity contribution is 0.0487. The maximum absolute atomic E-state index is 11.4. The predicted octanol–water partition coefficient (Wildman–Crippen LogP) is 2.50. The molecule has 0 saturated heterocycles. The summed E-state index contributed by atoms with van der Waals surface area (Å²) in [4.78, 5) is 15.6. The highest BCUT2D eigenvalue weighted by molar-refractivity contribution is 5.87. The van der Waals surface area contributed by atoms with Gasteiger partial charge in [-0.15, -0.1) is 0 Å². The number of ether oxygens (including phenoxy) is 1. The minimum atomic E-state index is -0.426. The molecule has 0 bridgehead atoms. The molecule has 15 heavy (non-hydrogen) atoms. The first-order chi connectivity index (χ1) is 7.19. The van der Waals surface area contributed by atoms with E-state index < -0.39 is 5.97 Å². The van der Waals surface area contributed by atoms with Gasteiger partial charge in [0.2, 0.25) is 5.76 Å². The molecule has 0 fully saturated rings. The normalized spacial score (nSPS) is 10.3. The number of aromatic nitrogens is 1. The van der Waals surface area contributed by atoms with Gasteiger partial charge in [-0.25, -0.2) is 9.78 Å². The maximum Gasteiger partial charge on any atom is 0.376 e. The zero-order chi connectivity index (χ0) is 11.3. The van der Waals surface area contributed by atoms with Gasteiger partial charge in [-0.05, 0) is 20.3 Å². The summed E-state index contributed by atoms with van der Waals surface area (Å²) < 4.78 is 10.2. The Kier molecular flexibility index (Phi) is 4.34. The van der Waals surface area contributed by atoms with E-state index in [1.54, 1.807) is 13.8 Å². The van der Waals surface area contributed by atoms with Crippen molar-refractivity contribution in [2.75, 3.05) is 6.61 Å². The largest absolute Gasteiger partial charge is 0.460 e. The fourth-order valence-electron chi connectivity index (χ4n) is 1.27. The van der Waals surface area contributed by atoms with Crippen LogP contribution in [0.15, 0.2) is 4.42 Å². The van der Waals surface area contributed by atoms with E-state index in [0.717, 1.165) is 19.3 Å². The van der Waals surface area contributed by atoms with Crippen molar-refractivity contribution in [3.63, 3.8) is 0 Å². The Morgan fingerprint density at radius 3 is 2.80 bits per heavy atom. The van der Waals surface area contributed by atoms with E-state index in [0.29, 0.717) is 18.2 Å². The van der Waals surface area contributed by atoms with Crippen LogP contribution in [0.1, 0.15) is 48.8 Å². The molecule has 0 radical (unpaired) electrons. The number of carbonyl (C=O) groups excluding carboxylic acids is 1. The summed E-state index contributed by atoms with van der Waals surface area (Å²) in [5.41, 5.74) is 0.611. The Morgan fingerprint density at radius 2 is 2.20 bits per heavy atom. The highest BCUT2D eigenvalue weighted by Crippen LogP contribution is 2.13. The van der Waals surface area contributed by atoms with Gasteiger partial charge in [0.05, 0.1) is 12.3 Å². The van der Waals surface area contributed by atoms with Gasteiger partial charge < -0.3 is 9.15 Å². The van der Waals surface area contributed by atoms with E-state index in [-0.39, 0.29) is 5.76 Å². The van der Waals surface area contributed by atoms with Crippen LogP contribution in [-0.4, -0.2) is 17.6 Å². The minimum Gasteiger partial charge on any atom is -0.460 e. The second-order valence-electron chi connectivity index (χ2n) is 3.35. The summed E-state index contributed by atoms with van der Waals surface area (Å²) in [6.07, 6.45) is 2.87. The number of esters is 1. The standard InChI is InChI=1S/C11H17NO3/c1-4-6-7-9-12-8(3)10(15-9)11(13)14-5-2/h4-7H2,1-3H3. The third kappa shape index (κ3) is 3.08. The minimum absolute atomic E-state index is 0.239. The van der Waals surface area contributed by atoms with Crippen LogP contribution in [0.5, 0.6) is 0 Å². The number of oxazole rings is 1. The molecule has 0 unspecified atom stereocenters. The Labute approximate surface area is 89.6 Å². The first kappa shape index (κ1) is 11.8. The molecule has 0 spiro atoms. The van der Waals surface area contributed by atoms with Crippen LogP contribution in [0.2, 0.25) is 0 Å². The van der Waals surface area contributed by atoms with Gasteiger partial charge in [-0.1, -0.05) is 13.3 Å². The molecule has 0 saturated carbocycles. The van der Waals surface area contributed by atoms with Gasteiger partial charge >= 0.3 is 5.97 Å². The summed E-state index contributed by atoms with van der Waals surface area (Å²) in [7, 11) is 0. The molecule has 1 aromatic heterocycles. The average molecular weight is 211 g/mol. The quantitative estimate of drug-likeness (QED) is 0.702. The van der Waals surface area contributed by atoms with Gasteiger partial charge in [0.15, 0.2) is 5.89 Å². The van der Waals surface area contributed by atoms with E-state index in [1.165, 1.54) is 0 Å². The number of unbranched alkanes of at least 4 members (excludes halogenated alkanes) is 1. The van der Waals surface area contributed by atoms with Gasteiger partial charge in [0, 0.05) is 6.42 Å². The summed E-state index contributed by atoms with van der Waals surface area (Å²) in [5.74, 6) is 0.436. The molecule has 0 aliphatic carbocycles. The summed E-state index contributed by atoms with van der Waals surface area (Å²) >= 11 is 0. The number of rotatable bonds is 5. The lowest BCUT2D eigenvalue weighted by Gasteiger charge is -1.97. The molecule has 1 aromatic rings. The highest BCUT2D eigenvalue weighted by Gasteiger charge is 2.17. The Bertz CT molecular complexity index is 331.